The number of benzene rings is 2. The van der Waals surface area contributed by atoms with Gasteiger partial charge >= 0.3 is 0 Å². The molecular formula is C18H12F2N2OS. The van der Waals surface area contributed by atoms with Gasteiger partial charge in [-0.05, 0) is 30.5 Å². The second-order valence-electron chi connectivity index (χ2n) is 5.56. The number of nitrogens with one attached hydrogen (secondary N) is 1. The molecule has 0 fully saturated rings. The first kappa shape index (κ1) is 15.0. The normalized spacial score (nSPS) is 12.4. The lowest BCUT2D eigenvalue weighted by molar-refractivity contribution is 0.102. The SMILES string of the molecule is O=C(Nc1nc2c(s1)CCc1ccccc1-2)c1cc(F)cc(F)c1. The standard InChI is InChI=1S/C18H12F2N2OS/c19-12-7-11(8-13(20)9-12)17(23)22-18-21-16-14-4-2-1-3-10(14)5-6-15(16)24-18/h1-4,7-9H,5-6H2,(H,21,22,23). The summed E-state index contributed by atoms with van der Waals surface area (Å²) >= 11 is 1.40. The average molecular weight is 342 g/mol. The van der Waals surface area contributed by atoms with Crippen molar-refractivity contribution in [1.29, 1.82) is 0 Å². The number of hydrogen-bond acceptors (Lipinski definition) is 3. The molecule has 0 atom stereocenters. The molecule has 3 aromatic rings. The van der Waals surface area contributed by atoms with Gasteiger partial charge in [-0.1, -0.05) is 24.3 Å². The summed E-state index contributed by atoms with van der Waals surface area (Å²) in [7, 11) is 0. The third kappa shape index (κ3) is 2.69. The molecule has 0 bridgehead atoms. The molecule has 0 aliphatic heterocycles. The molecule has 1 aliphatic rings. The van der Waals surface area contributed by atoms with E-state index in [4.69, 9.17) is 0 Å². The van der Waals surface area contributed by atoms with Gasteiger partial charge in [0.1, 0.15) is 11.6 Å². The molecular weight excluding hydrogens is 330 g/mol. The van der Waals surface area contributed by atoms with Crippen LogP contribution in [0, 0.1) is 11.6 Å². The van der Waals surface area contributed by atoms with Crippen LogP contribution >= 0.6 is 11.3 Å². The third-order valence-corrected chi connectivity index (χ3v) is 4.97. The second kappa shape index (κ2) is 5.79. The summed E-state index contributed by atoms with van der Waals surface area (Å²) in [5.41, 5.74) is 3.12. The summed E-state index contributed by atoms with van der Waals surface area (Å²) in [5, 5.41) is 3.07. The summed E-state index contributed by atoms with van der Waals surface area (Å²) in [6, 6.07) is 10.8. The van der Waals surface area contributed by atoms with Crippen molar-refractivity contribution in [1.82, 2.24) is 4.98 Å². The molecule has 1 N–H and O–H groups in total. The number of amides is 1. The Hall–Kier alpha value is -2.60. The van der Waals surface area contributed by atoms with E-state index >= 15 is 0 Å². The Labute approximate surface area is 141 Å². The first-order chi connectivity index (χ1) is 11.6. The van der Waals surface area contributed by atoms with E-state index in [-0.39, 0.29) is 5.56 Å². The number of thiazole rings is 1. The maximum Gasteiger partial charge on any atom is 0.257 e. The number of carbonyl (C=O) groups excluding carboxylic acids is 1. The molecule has 120 valence electrons. The average Bonchev–Trinajstić information content (AvgIpc) is 2.97. The molecule has 24 heavy (non-hydrogen) atoms. The van der Waals surface area contributed by atoms with Gasteiger partial charge in [0.15, 0.2) is 5.13 Å². The number of fused-ring (bicyclic) bond motifs is 3. The number of aromatic nitrogens is 1. The van der Waals surface area contributed by atoms with Crippen molar-refractivity contribution in [2.45, 2.75) is 12.8 Å². The Kier molecular flexibility index (Phi) is 3.61. The molecule has 1 aliphatic carbocycles. The Morgan fingerprint density at radius 2 is 1.83 bits per heavy atom. The van der Waals surface area contributed by atoms with E-state index in [0.717, 1.165) is 47.2 Å². The number of aryl methyl sites for hydroxylation is 2. The van der Waals surface area contributed by atoms with E-state index in [1.807, 2.05) is 18.2 Å². The van der Waals surface area contributed by atoms with E-state index in [1.165, 1.54) is 16.9 Å². The summed E-state index contributed by atoms with van der Waals surface area (Å²) in [6.07, 6.45) is 1.81. The number of hydrogen-bond donors (Lipinski definition) is 1. The Balaban J connectivity index is 1.63. The van der Waals surface area contributed by atoms with E-state index in [9.17, 15) is 13.6 Å². The van der Waals surface area contributed by atoms with Gasteiger partial charge in [-0.3, -0.25) is 10.1 Å². The summed E-state index contributed by atoms with van der Waals surface area (Å²) in [6.45, 7) is 0. The zero-order valence-electron chi connectivity index (χ0n) is 12.5. The topological polar surface area (TPSA) is 42.0 Å². The number of nitrogens with zero attached hydrogens (tertiary/aromatic N) is 1. The lowest BCUT2D eigenvalue weighted by atomic mass is 9.94. The van der Waals surface area contributed by atoms with Crippen LogP contribution in [-0.2, 0) is 12.8 Å². The molecule has 6 heteroatoms. The van der Waals surface area contributed by atoms with Crippen LogP contribution < -0.4 is 5.32 Å². The first-order valence-corrected chi connectivity index (χ1v) is 8.27. The maximum atomic E-state index is 13.2. The van der Waals surface area contributed by atoms with Crippen molar-refractivity contribution >= 4 is 22.4 Å². The number of halogens is 2. The zero-order valence-corrected chi connectivity index (χ0v) is 13.3. The Morgan fingerprint density at radius 3 is 2.62 bits per heavy atom. The fourth-order valence-electron chi connectivity index (χ4n) is 2.86. The van der Waals surface area contributed by atoms with Crippen molar-refractivity contribution in [3.8, 4) is 11.3 Å². The van der Waals surface area contributed by atoms with Crippen LogP contribution in [0.1, 0.15) is 20.8 Å². The van der Waals surface area contributed by atoms with E-state index in [2.05, 4.69) is 16.4 Å². The van der Waals surface area contributed by atoms with Gasteiger partial charge in [0.05, 0.1) is 5.69 Å². The van der Waals surface area contributed by atoms with Gasteiger partial charge in [-0.2, -0.15) is 0 Å². The monoisotopic (exact) mass is 342 g/mol. The van der Waals surface area contributed by atoms with Crippen molar-refractivity contribution in [2.24, 2.45) is 0 Å². The van der Waals surface area contributed by atoms with Crippen LogP contribution in [0.15, 0.2) is 42.5 Å². The molecule has 0 radical (unpaired) electrons. The predicted octanol–water partition coefficient (Wildman–Crippen LogP) is 4.44. The maximum absolute atomic E-state index is 13.2. The second-order valence-corrected chi connectivity index (χ2v) is 6.64. The largest absolute Gasteiger partial charge is 0.298 e. The Morgan fingerprint density at radius 1 is 1.08 bits per heavy atom. The molecule has 3 nitrogen and oxygen atoms in total. The molecule has 0 unspecified atom stereocenters. The highest BCUT2D eigenvalue weighted by atomic mass is 32.1. The Bertz CT molecular complexity index is 932. The van der Waals surface area contributed by atoms with Gasteiger partial charge in [0.25, 0.3) is 5.91 Å². The van der Waals surface area contributed by atoms with Crippen LogP contribution in [0.25, 0.3) is 11.3 Å². The van der Waals surface area contributed by atoms with Crippen molar-refractivity contribution in [2.75, 3.05) is 5.32 Å². The number of carbonyl (C=O) groups is 1. The van der Waals surface area contributed by atoms with E-state index < -0.39 is 17.5 Å². The molecule has 0 saturated heterocycles. The van der Waals surface area contributed by atoms with Crippen molar-refractivity contribution in [3.63, 3.8) is 0 Å². The minimum atomic E-state index is -0.785. The van der Waals surface area contributed by atoms with Gasteiger partial charge in [0.2, 0.25) is 0 Å². The minimum absolute atomic E-state index is 0.0685. The van der Waals surface area contributed by atoms with Gasteiger partial charge in [0, 0.05) is 22.1 Å². The molecule has 4 rings (SSSR count). The molecule has 0 spiro atoms. The quantitative estimate of drug-likeness (QED) is 0.748. The summed E-state index contributed by atoms with van der Waals surface area (Å²) in [5.74, 6) is -2.15. The highest BCUT2D eigenvalue weighted by molar-refractivity contribution is 7.16. The van der Waals surface area contributed by atoms with Gasteiger partial charge in [-0.25, -0.2) is 13.8 Å². The zero-order chi connectivity index (χ0) is 16.7. The van der Waals surface area contributed by atoms with Crippen LogP contribution in [-0.4, -0.2) is 10.9 Å². The highest BCUT2D eigenvalue weighted by Crippen LogP contribution is 2.38. The van der Waals surface area contributed by atoms with Crippen LogP contribution in [0.3, 0.4) is 0 Å². The summed E-state index contributed by atoms with van der Waals surface area (Å²) in [4.78, 5) is 17.8. The smallest absolute Gasteiger partial charge is 0.257 e. The van der Waals surface area contributed by atoms with Gasteiger partial charge in [-0.15, -0.1) is 11.3 Å². The molecule has 0 saturated carbocycles. The number of anilines is 1. The fourth-order valence-corrected chi connectivity index (χ4v) is 3.83. The number of rotatable bonds is 2. The first-order valence-electron chi connectivity index (χ1n) is 7.45. The van der Waals surface area contributed by atoms with Crippen molar-refractivity contribution in [3.05, 3.63) is 70.1 Å². The fraction of sp³-hybridized carbons (Fsp3) is 0.111. The van der Waals surface area contributed by atoms with Gasteiger partial charge < -0.3 is 0 Å². The predicted molar refractivity (Wildman–Crippen MR) is 89.3 cm³/mol. The molecule has 1 aromatic heterocycles. The molecule has 1 amide bonds. The van der Waals surface area contributed by atoms with E-state index in [1.54, 1.807) is 0 Å². The minimum Gasteiger partial charge on any atom is -0.298 e. The summed E-state index contributed by atoms with van der Waals surface area (Å²) < 4.78 is 26.5. The van der Waals surface area contributed by atoms with Crippen LogP contribution in [0.5, 0.6) is 0 Å². The van der Waals surface area contributed by atoms with Crippen molar-refractivity contribution < 1.29 is 13.6 Å². The lowest BCUT2D eigenvalue weighted by Gasteiger charge is -2.13. The van der Waals surface area contributed by atoms with Crippen LogP contribution in [0.4, 0.5) is 13.9 Å². The highest BCUT2D eigenvalue weighted by Gasteiger charge is 2.21. The molecule has 1 heterocycles. The lowest BCUT2D eigenvalue weighted by Crippen LogP contribution is -2.12. The van der Waals surface area contributed by atoms with E-state index in [0.29, 0.717) is 5.13 Å². The third-order valence-electron chi connectivity index (χ3n) is 3.94. The molecule has 2 aromatic carbocycles. The van der Waals surface area contributed by atoms with Crippen LogP contribution in [0.2, 0.25) is 0 Å².